The van der Waals surface area contributed by atoms with Crippen LogP contribution in [0.15, 0.2) is 24.5 Å². The van der Waals surface area contributed by atoms with Crippen molar-refractivity contribution in [1.29, 1.82) is 0 Å². The minimum atomic E-state index is -0.267. The van der Waals surface area contributed by atoms with Gasteiger partial charge in [-0.1, -0.05) is 11.6 Å². The van der Waals surface area contributed by atoms with Crippen LogP contribution in [0.3, 0.4) is 0 Å². The Labute approximate surface area is 114 Å². The molecule has 0 atom stereocenters. The number of nitrogens with one attached hydrogen (secondary N) is 1. The van der Waals surface area contributed by atoms with Gasteiger partial charge in [-0.3, -0.25) is 4.79 Å². The number of carbonyl (C=O) groups is 1. The first-order valence-corrected chi connectivity index (χ1v) is 5.90. The second-order valence-corrected chi connectivity index (χ2v) is 4.07. The van der Waals surface area contributed by atoms with Crippen LogP contribution in [-0.2, 0) is 4.74 Å². The van der Waals surface area contributed by atoms with Crippen molar-refractivity contribution in [1.82, 2.24) is 25.5 Å². The van der Waals surface area contributed by atoms with Crippen LogP contribution < -0.4 is 5.32 Å². The molecule has 0 unspecified atom stereocenters. The van der Waals surface area contributed by atoms with Crippen molar-refractivity contribution in [3.8, 4) is 5.69 Å². The van der Waals surface area contributed by atoms with Crippen molar-refractivity contribution in [2.75, 3.05) is 20.3 Å². The minimum Gasteiger partial charge on any atom is -0.383 e. The number of halogens is 1. The van der Waals surface area contributed by atoms with Gasteiger partial charge in [-0.05, 0) is 28.6 Å². The molecular formula is C11H12ClN5O2. The predicted molar refractivity (Wildman–Crippen MR) is 68.4 cm³/mol. The van der Waals surface area contributed by atoms with Gasteiger partial charge >= 0.3 is 0 Å². The van der Waals surface area contributed by atoms with E-state index < -0.39 is 0 Å². The zero-order valence-corrected chi connectivity index (χ0v) is 11.0. The first-order chi connectivity index (χ1) is 9.22. The molecule has 8 heteroatoms. The zero-order valence-electron chi connectivity index (χ0n) is 10.2. The van der Waals surface area contributed by atoms with Gasteiger partial charge in [-0.25, -0.2) is 4.68 Å². The number of rotatable bonds is 5. The maximum Gasteiger partial charge on any atom is 0.252 e. The van der Waals surface area contributed by atoms with E-state index in [9.17, 15) is 4.79 Å². The van der Waals surface area contributed by atoms with Gasteiger partial charge in [0, 0.05) is 13.7 Å². The van der Waals surface area contributed by atoms with Crippen molar-refractivity contribution in [3.05, 3.63) is 35.1 Å². The third-order valence-corrected chi connectivity index (χ3v) is 2.73. The molecule has 0 aliphatic heterocycles. The third-order valence-electron chi connectivity index (χ3n) is 2.40. The van der Waals surface area contributed by atoms with Gasteiger partial charge < -0.3 is 10.1 Å². The minimum absolute atomic E-state index is 0.267. The fourth-order valence-electron chi connectivity index (χ4n) is 1.47. The number of hydrogen-bond donors (Lipinski definition) is 1. The van der Waals surface area contributed by atoms with Crippen molar-refractivity contribution in [3.63, 3.8) is 0 Å². The van der Waals surface area contributed by atoms with Gasteiger partial charge in [0.2, 0.25) is 0 Å². The molecule has 100 valence electrons. The number of nitrogens with zero attached hydrogens (tertiary/aromatic N) is 4. The Balaban J connectivity index is 2.20. The first-order valence-electron chi connectivity index (χ1n) is 5.52. The number of carbonyl (C=O) groups excluding carboxylic acids is 1. The summed E-state index contributed by atoms with van der Waals surface area (Å²) in [4.78, 5) is 12.0. The Morgan fingerprint density at radius 3 is 3.05 bits per heavy atom. The molecule has 19 heavy (non-hydrogen) atoms. The van der Waals surface area contributed by atoms with Gasteiger partial charge in [0.05, 0.1) is 22.9 Å². The van der Waals surface area contributed by atoms with Crippen molar-refractivity contribution in [2.24, 2.45) is 0 Å². The summed E-state index contributed by atoms with van der Waals surface area (Å²) in [7, 11) is 1.57. The molecule has 0 spiro atoms. The zero-order chi connectivity index (χ0) is 13.7. The topological polar surface area (TPSA) is 81.9 Å². The standard InChI is InChI=1S/C11H12ClN5O2/c1-19-5-4-13-11(18)9-6-8(2-3-10(9)12)17-7-14-15-16-17/h2-3,6-7H,4-5H2,1H3,(H,13,18). The van der Waals surface area contributed by atoms with E-state index in [1.807, 2.05) is 0 Å². The Hall–Kier alpha value is -1.99. The van der Waals surface area contributed by atoms with Crippen LogP contribution in [0.4, 0.5) is 0 Å². The van der Waals surface area contributed by atoms with E-state index in [-0.39, 0.29) is 5.91 Å². The van der Waals surface area contributed by atoms with E-state index in [4.69, 9.17) is 16.3 Å². The third kappa shape index (κ3) is 3.27. The Morgan fingerprint density at radius 1 is 1.53 bits per heavy atom. The van der Waals surface area contributed by atoms with Crippen LogP contribution >= 0.6 is 11.6 Å². The van der Waals surface area contributed by atoms with Gasteiger partial charge in [-0.15, -0.1) is 5.10 Å². The average Bonchev–Trinajstić information content (AvgIpc) is 2.93. The molecule has 2 aromatic rings. The van der Waals surface area contributed by atoms with Crippen LogP contribution in [-0.4, -0.2) is 46.4 Å². The van der Waals surface area contributed by atoms with E-state index in [0.29, 0.717) is 29.4 Å². The SMILES string of the molecule is COCCNC(=O)c1cc(-n2cnnn2)ccc1Cl. The van der Waals surface area contributed by atoms with E-state index in [1.165, 1.54) is 11.0 Å². The Kier molecular flexibility index (Phi) is 4.43. The molecule has 1 aromatic carbocycles. The molecule has 0 radical (unpaired) electrons. The smallest absolute Gasteiger partial charge is 0.252 e. The summed E-state index contributed by atoms with van der Waals surface area (Å²) < 4.78 is 6.31. The lowest BCUT2D eigenvalue weighted by atomic mass is 10.2. The van der Waals surface area contributed by atoms with Gasteiger partial charge in [0.15, 0.2) is 0 Å². The molecule has 1 N–H and O–H groups in total. The summed E-state index contributed by atoms with van der Waals surface area (Å²) in [5.74, 6) is -0.267. The number of tetrazole rings is 1. The van der Waals surface area contributed by atoms with Gasteiger partial charge in [0.1, 0.15) is 6.33 Å². The summed E-state index contributed by atoms with van der Waals surface area (Å²) in [6.07, 6.45) is 1.44. The highest BCUT2D eigenvalue weighted by Crippen LogP contribution is 2.19. The van der Waals surface area contributed by atoms with Gasteiger partial charge in [-0.2, -0.15) is 0 Å². The maximum atomic E-state index is 12.0. The molecule has 0 fully saturated rings. The molecule has 0 saturated heterocycles. The number of ether oxygens (including phenoxy) is 1. The molecule has 0 saturated carbocycles. The van der Waals surface area contributed by atoms with Crippen molar-refractivity contribution >= 4 is 17.5 Å². The quantitative estimate of drug-likeness (QED) is 0.816. The number of methoxy groups -OCH3 is 1. The summed E-state index contributed by atoms with van der Waals surface area (Å²) in [6.45, 7) is 0.858. The van der Waals surface area contributed by atoms with Crippen LogP contribution in [0.25, 0.3) is 5.69 Å². The molecule has 1 aromatic heterocycles. The summed E-state index contributed by atoms with van der Waals surface area (Å²) in [5, 5.41) is 13.9. The number of hydrogen-bond acceptors (Lipinski definition) is 5. The van der Waals surface area contributed by atoms with Gasteiger partial charge in [0.25, 0.3) is 5.91 Å². The van der Waals surface area contributed by atoms with E-state index >= 15 is 0 Å². The molecule has 0 aliphatic rings. The average molecular weight is 282 g/mol. The Bertz CT molecular complexity index is 558. The molecule has 1 amide bonds. The van der Waals surface area contributed by atoms with E-state index in [0.717, 1.165) is 0 Å². The number of amides is 1. The van der Waals surface area contributed by atoms with Crippen LogP contribution in [0.2, 0.25) is 5.02 Å². The fourth-order valence-corrected chi connectivity index (χ4v) is 1.67. The summed E-state index contributed by atoms with van der Waals surface area (Å²) in [5.41, 5.74) is 1.03. The highest BCUT2D eigenvalue weighted by Gasteiger charge is 2.11. The molecule has 2 rings (SSSR count). The maximum absolute atomic E-state index is 12.0. The van der Waals surface area contributed by atoms with Crippen LogP contribution in [0.1, 0.15) is 10.4 Å². The lowest BCUT2D eigenvalue weighted by Gasteiger charge is -2.08. The highest BCUT2D eigenvalue weighted by molar-refractivity contribution is 6.33. The molecular weight excluding hydrogens is 270 g/mol. The normalized spacial score (nSPS) is 10.4. The lowest BCUT2D eigenvalue weighted by molar-refractivity contribution is 0.0937. The second kappa shape index (κ2) is 6.26. The summed E-state index contributed by atoms with van der Waals surface area (Å²) >= 11 is 6.01. The fraction of sp³-hybridized carbons (Fsp3) is 0.273. The van der Waals surface area contributed by atoms with Crippen LogP contribution in [0, 0.1) is 0 Å². The molecule has 0 aliphatic carbocycles. The number of benzene rings is 1. The Morgan fingerprint density at radius 2 is 2.37 bits per heavy atom. The second-order valence-electron chi connectivity index (χ2n) is 3.67. The highest BCUT2D eigenvalue weighted by atomic mass is 35.5. The largest absolute Gasteiger partial charge is 0.383 e. The van der Waals surface area contributed by atoms with E-state index in [2.05, 4.69) is 20.8 Å². The summed E-state index contributed by atoms with van der Waals surface area (Å²) in [6, 6.07) is 4.98. The molecule has 7 nitrogen and oxygen atoms in total. The predicted octanol–water partition coefficient (Wildman–Crippen LogP) is 0.692. The monoisotopic (exact) mass is 281 g/mol. The molecule has 1 heterocycles. The van der Waals surface area contributed by atoms with Crippen LogP contribution in [0.5, 0.6) is 0 Å². The lowest BCUT2D eigenvalue weighted by Crippen LogP contribution is -2.27. The van der Waals surface area contributed by atoms with Crippen molar-refractivity contribution in [2.45, 2.75) is 0 Å². The van der Waals surface area contributed by atoms with Crippen molar-refractivity contribution < 1.29 is 9.53 Å². The molecule has 0 bridgehead atoms. The first kappa shape index (κ1) is 13.4. The number of aromatic nitrogens is 4. The van der Waals surface area contributed by atoms with E-state index in [1.54, 1.807) is 25.3 Å².